The average Bonchev–Trinajstić information content (AvgIpc) is 2.79. The minimum Gasteiger partial charge on any atom is -0.394 e. The molecule has 0 bridgehead atoms. The van der Waals surface area contributed by atoms with Crippen LogP contribution >= 0.6 is 0 Å². The Morgan fingerprint density at radius 3 is 2.62 bits per heavy atom. The number of aromatic nitrogens is 1. The van der Waals surface area contributed by atoms with Gasteiger partial charge >= 0.3 is 6.03 Å². The topological polar surface area (TPSA) is 85.8 Å². The summed E-state index contributed by atoms with van der Waals surface area (Å²) in [6, 6.07) is 15.3. The largest absolute Gasteiger partial charge is 0.394 e. The number of anilines is 2. The van der Waals surface area contributed by atoms with Crippen LogP contribution in [0.2, 0.25) is 0 Å². The lowest BCUT2D eigenvalue weighted by molar-refractivity contribution is -0.00265. The second-order valence-corrected chi connectivity index (χ2v) is 7.90. The predicted octanol–water partition coefficient (Wildman–Crippen LogP) is 3.24. The van der Waals surface area contributed by atoms with Crippen molar-refractivity contribution in [1.29, 1.82) is 0 Å². The van der Waals surface area contributed by atoms with Gasteiger partial charge in [-0.1, -0.05) is 24.3 Å². The van der Waals surface area contributed by atoms with Gasteiger partial charge in [0.05, 0.1) is 18.7 Å². The highest BCUT2D eigenvalue weighted by Gasteiger charge is 2.55. The summed E-state index contributed by atoms with van der Waals surface area (Å²) in [6.07, 6.45) is 3.13. The van der Waals surface area contributed by atoms with E-state index < -0.39 is 17.9 Å². The molecule has 7 nitrogen and oxygen atoms in total. The van der Waals surface area contributed by atoms with E-state index in [4.69, 9.17) is 0 Å². The third-order valence-corrected chi connectivity index (χ3v) is 6.17. The van der Waals surface area contributed by atoms with Crippen molar-refractivity contribution in [3.63, 3.8) is 0 Å². The van der Waals surface area contributed by atoms with Gasteiger partial charge in [-0.2, -0.15) is 0 Å². The van der Waals surface area contributed by atoms with E-state index in [1.807, 2.05) is 24.3 Å². The minimum atomic E-state index is -0.455. The fraction of sp³-hybridized carbons (Fsp3) is 0.208. The van der Waals surface area contributed by atoms with Gasteiger partial charge < -0.3 is 20.2 Å². The smallest absolute Gasteiger partial charge is 0.322 e. The van der Waals surface area contributed by atoms with Crippen LogP contribution in [0.4, 0.5) is 20.6 Å². The number of aliphatic hydroxyl groups is 1. The van der Waals surface area contributed by atoms with Crippen LogP contribution in [-0.4, -0.2) is 52.2 Å². The number of aliphatic hydroxyl groups excluding tert-OH is 1. The SMILES string of the molecule is O=C(c1ccncc1)N1C[C@@H]2[C@H](c3ccccc31)[C@H](CO)N2C(=O)Nc1cccc(F)c1. The predicted molar refractivity (Wildman–Crippen MR) is 117 cm³/mol. The zero-order valence-electron chi connectivity index (χ0n) is 17.1. The summed E-state index contributed by atoms with van der Waals surface area (Å²) in [5.74, 6) is -0.740. The molecule has 0 unspecified atom stereocenters. The molecule has 32 heavy (non-hydrogen) atoms. The van der Waals surface area contributed by atoms with E-state index in [1.165, 1.54) is 18.2 Å². The molecule has 0 aliphatic carbocycles. The molecule has 162 valence electrons. The lowest BCUT2D eigenvalue weighted by Gasteiger charge is -2.58. The molecule has 3 heterocycles. The van der Waals surface area contributed by atoms with Gasteiger partial charge in [-0.15, -0.1) is 0 Å². The summed E-state index contributed by atoms with van der Waals surface area (Å²) >= 11 is 0. The summed E-state index contributed by atoms with van der Waals surface area (Å²) in [5, 5.41) is 12.8. The fourth-order valence-corrected chi connectivity index (χ4v) is 4.76. The first-order valence-corrected chi connectivity index (χ1v) is 10.3. The molecule has 8 heteroatoms. The first kappa shape index (κ1) is 20.1. The van der Waals surface area contributed by atoms with Crippen molar-refractivity contribution in [2.45, 2.75) is 18.0 Å². The Kier molecular flexibility index (Phi) is 5.07. The molecule has 2 N–H and O–H groups in total. The molecule has 3 aromatic rings. The molecule has 2 aliphatic rings. The Labute approximate surface area is 184 Å². The Hall–Kier alpha value is -3.78. The Bertz CT molecular complexity index is 1170. The summed E-state index contributed by atoms with van der Waals surface area (Å²) in [7, 11) is 0. The molecule has 3 amide bonds. The summed E-state index contributed by atoms with van der Waals surface area (Å²) in [4.78, 5) is 33.5. The van der Waals surface area contributed by atoms with E-state index in [9.17, 15) is 19.1 Å². The van der Waals surface area contributed by atoms with Gasteiger partial charge in [0.15, 0.2) is 0 Å². The highest BCUT2D eigenvalue weighted by molar-refractivity contribution is 6.07. The van der Waals surface area contributed by atoms with Crippen molar-refractivity contribution in [3.05, 3.63) is 90.0 Å². The number of pyridine rings is 1. The number of carbonyl (C=O) groups is 2. The number of fused-ring (bicyclic) bond motifs is 3. The van der Waals surface area contributed by atoms with Gasteiger partial charge in [0.1, 0.15) is 5.82 Å². The standard InChI is InChI=1S/C24H21FN4O3/c25-16-4-3-5-17(12-16)27-24(32)29-20-13-28(23(31)15-8-10-26-11-9-15)19-7-2-1-6-18(19)22(20)21(29)14-30/h1-12,20-22,30H,13-14H2,(H,27,32)/t20-,21+,22+/m1/s1. The fourth-order valence-electron chi connectivity index (χ4n) is 4.76. The number of carbonyl (C=O) groups excluding carboxylic acids is 2. The molecular formula is C24H21FN4O3. The van der Waals surface area contributed by atoms with Crippen LogP contribution in [0.1, 0.15) is 21.8 Å². The molecule has 1 aromatic heterocycles. The van der Waals surface area contributed by atoms with Crippen molar-refractivity contribution in [3.8, 4) is 0 Å². The zero-order valence-corrected chi connectivity index (χ0v) is 17.1. The molecule has 0 spiro atoms. The van der Waals surface area contributed by atoms with Crippen molar-refractivity contribution >= 4 is 23.3 Å². The van der Waals surface area contributed by atoms with Gasteiger partial charge in [-0.3, -0.25) is 9.78 Å². The number of nitrogens with zero attached hydrogens (tertiary/aromatic N) is 3. The van der Waals surface area contributed by atoms with E-state index in [-0.39, 0.29) is 31.0 Å². The second kappa shape index (κ2) is 8.05. The second-order valence-electron chi connectivity index (χ2n) is 7.90. The lowest BCUT2D eigenvalue weighted by Crippen LogP contribution is -2.71. The highest BCUT2D eigenvalue weighted by atomic mass is 19.1. The molecule has 1 saturated heterocycles. The van der Waals surface area contributed by atoms with Crippen LogP contribution in [0.25, 0.3) is 0 Å². The molecule has 1 fully saturated rings. The molecule has 3 atom stereocenters. The number of likely N-dealkylation sites (tertiary alicyclic amines) is 1. The van der Waals surface area contributed by atoms with Crippen molar-refractivity contribution < 1.29 is 19.1 Å². The van der Waals surface area contributed by atoms with Crippen molar-refractivity contribution in [1.82, 2.24) is 9.88 Å². The third kappa shape index (κ3) is 3.29. The number of halogens is 1. The number of amides is 3. The minimum absolute atomic E-state index is 0.101. The first-order chi connectivity index (χ1) is 15.6. The number of hydrogen-bond donors (Lipinski definition) is 2. The normalized spacial score (nSPS) is 21.2. The molecule has 0 radical (unpaired) electrons. The van der Waals surface area contributed by atoms with Crippen LogP contribution in [0.3, 0.4) is 0 Å². The maximum absolute atomic E-state index is 13.5. The average molecular weight is 432 g/mol. The number of rotatable bonds is 3. The Morgan fingerprint density at radius 2 is 1.88 bits per heavy atom. The molecule has 2 aromatic carbocycles. The third-order valence-electron chi connectivity index (χ3n) is 6.17. The molecule has 2 aliphatic heterocycles. The Morgan fingerprint density at radius 1 is 1.09 bits per heavy atom. The van der Waals surface area contributed by atoms with Gasteiger partial charge in [0.25, 0.3) is 5.91 Å². The van der Waals surface area contributed by atoms with E-state index in [2.05, 4.69) is 10.3 Å². The molecule has 5 rings (SSSR count). The van der Waals surface area contributed by atoms with Crippen LogP contribution < -0.4 is 10.2 Å². The maximum Gasteiger partial charge on any atom is 0.322 e. The van der Waals surface area contributed by atoms with Gasteiger partial charge in [0.2, 0.25) is 0 Å². The van der Waals surface area contributed by atoms with Crippen molar-refractivity contribution in [2.75, 3.05) is 23.4 Å². The van der Waals surface area contributed by atoms with E-state index >= 15 is 0 Å². The number of urea groups is 1. The quantitative estimate of drug-likeness (QED) is 0.665. The van der Waals surface area contributed by atoms with Gasteiger partial charge in [-0.05, 0) is 42.0 Å². The van der Waals surface area contributed by atoms with E-state index in [0.717, 1.165) is 11.3 Å². The zero-order chi connectivity index (χ0) is 22.2. The summed E-state index contributed by atoms with van der Waals surface area (Å²) in [5.41, 5.74) is 2.53. The lowest BCUT2D eigenvalue weighted by atomic mass is 9.72. The highest BCUT2D eigenvalue weighted by Crippen LogP contribution is 2.48. The van der Waals surface area contributed by atoms with Gasteiger partial charge in [-0.25, -0.2) is 9.18 Å². The summed E-state index contributed by atoms with van der Waals surface area (Å²) < 4.78 is 13.5. The number of para-hydroxylation sites is 1. The van der Waals surface area contributed by atoms with Crippen LogP contribution in [-0.2, 0) is 0 Å². The van der Waals surface area contributed by atoms with Gasteiger partial charge in [0, 0.05) is 41.8 Å². The number of benzene rings is 2. The van der Waals surface area contributed by atoms with Crippen LogP contribution in [0.5, 0.6) is 0 Å². The summed E-state index contributed by atoms with van der Waals surface area (Å²) in [6.45, 7) is 0.0697. The Balaban J connectivity index is 1.47. The number of nitrogens with one attached hydrogen (secondary N) is 1. The molecular weight excluding hydrogens is 411 g/mol. The first-order valence-electron chi connectivity index (χ1n) is 10.3. The monoisotopic (exact) mass is 432 g/mol. The van der Waals surface area contributed by atoms with Crippen molar-refractivity contribution in [2.24, 2.45) is 0 Å². The maximum atomic E-state index is 13.5. The van der Waals surface area contributed by atoms with E-state index in [1.54, 1.807) is 40.4 Å². The number of hydrogen-bond acceptors (Lipinski definition) is 4. The van der Waals surface area contributed by atoms with E-state index in [0.29, 0.717) is 11.3 Å². The van der Waals surface area contributed by atoms with Crippen LogP contribution in [0, 0.1) is 5.82 Å². The molecule has 0 saturated carbocycles. The van der Waals surface area contributed by atoms with Crippen LogP contribution in [0.15, 0.2) is 73.1 Å².